The van der Waals surface area contributed by atoms with Gasteiger partial charge in [-0.1, -0.05) is 35.9 Å². The molecule has 0 aliphatic heterocycles. The van der Waals surface area contributed by atoms with E-state index >= 15 is 0 Å². The summed E-state index contributed by atoms with van der Waals surface area (Å²) in [7, 11) is 0. The Kier molecular flexibility index (Phi) is 5.25. The second-order valence-corrected chi connectivity index (χ2v) is 4.92. The van der Waals surface area contributed by atoms with Crippen molar-refractivity contribution in [3.05, 3.63) is 71.0 Å². The van der Waals surface area contributed by atoms with Gasteiger partial charge in [-0.05, 0) is 25.1 Å². The Morgan fingerprint density at radius 3 is 2.36 bits per heavy atom. The van der Waals surface area contributed by atoms with Crippen molar-refractivity contribution >= 4 is 11.8 Å². The molecule has 0 fully saturated rings. The molecule has 0 heterocycles. The number of hydrogen-bond donors (Lipinski definition) is 2. The van der Waals surface area contributed by atoms with E-state index in [0.29, 0.717) is 11.1 Å². The lowest BCUT2D eigenvalue weighted by molar-refractivity contribution is -0.120. The highest BCUT2D eigenvalue weighted by atomic mass is 19.1. The topological polar surface area (TPSA) is 58.2 Å². The van der Waals surface area contributed by atoms with Gasteiger partial charge in [-0.3, -0.25) is 9.59 Å². The summed E-state index contributed by atoms with van der Waals surface area (Å²) < 4.78 is 13.4. The van der Waals surface area contributed by atoms with E-state index in [1.165, 1.54) is 6.07 Å². The van der Waals surface area contributed by atoms with Gasteiger partial charge in [-0.2, -0.15) is 0 Å². The number of halogens is 1. The van der Waals surface area contributed by atoms with Crippen LogP contribution < -0.4 is 10.6 Å². The van der Waals surface area contributed by atoms with Gasteiger partial charge in [0.2, 0.25) is 5.91 Å². The predicted molar refractivity (Wildman–Crippen MR) is 81.8 cm³/mol. The third-order valence-electron chi connectivity index (χ3n) is 3.16. The Morgan fingerprint density at radius 1 is 1.00 bits per heavy atom. The fraction of sp³-hybridized carbons (Fsp3) is 0.176. The lowest BCUT2D eigenvalue weighted by Crippen LogP contribution is -2.36. The summed E-state index contributed by atoms with van der Waals surface area (Å²) in [6, 6.07) is 13.3. The number of nitrogens with one attached hydrogen (secondary N) is 2. The minimum absolute atomic E-state index is 0.0892. The van der Waals surface area contributed by atoms with Gasteiger partial charge in [0.25, 0.3) is 5.91 Å². The highest BCUT2D eigenvalue weighted by molar-refractivity contribution is 5.96. The van der Waals surface area contributed by atoms with Crippen molar-refractivity contribution in [1.29, 1.82) is 0 Å². The Hall–Kier alpha value is -2.69. The molecule has 2 N–H and O–H groups in total. The number of benzene rings is 2. The number of hydrogen-bond acceptors (Lipinski definition) is 2. The summed E-state index contributed by atoms with van der Waals surface area (Å²) in [6.07, 6.45) is 0. The van der Waals surface area contributed by atoms with Gasteiger partial charge in [0.1, 0.15) is 5.82 Å². The fourth-order valence-electron chi connectivity index (χ4n) is 1.87. The van der Waals surface area contributed by atoms with Gasteiger partial charge in [0, 0.05) is 17.7 Å². The van der Waals surface area contributed by atoms with E-state index in [9.17, 15) is 14.0 Å². The van der Waals surface area contributed by atoms with Crippen LogP contribution in [-0.4, -0.2) is 18.4 Å². The van der Waals surface area contributed by atoms with Gasteiger partial charge in [-0.25, -0.2) is 4.39 Å². The molecule has 0 radical (unpaired) electrons. The van der Waals surface area contributed by atoms with Crippen LogP contribution in [0.15, 0.2) is 48.5 Å². The number of carbonyl (C=O) groups is 2. The van der Waals surface area contributed by atoms with Crippen LogP contribution in [0, 0.1) is 12.7 Å². The van der Waals surface area contributed by atoms with Gasteiger partial charge in [-0.15, -0.1) is 0 Å². The highest BCUT2D eigenvalue weighted by Gasteiger charge is 2.08. The lowest BCUT2D eigenvalue weighted by atomic mass is 10.1. The fourth-order valence-corrected chi connectivity index (χ4v) is 1.87. The molecule has 5 heteroatoms. The number of rotatable bonds is 5. The van der Waals surface area contributed by atoms with Gasteiger partial charge in [0.05, 0.1) is 6.54 Å². The van der Waals surface area contributed by atoms with Crippen molar-refractivity contribution in [1.82, 2.24) is 10.6 Å². The maximum atomic E-state index is 13.4. The first-order valence-corrected chi connectivity index (χ1v) is 6.91. The maximum absolute atomic E-state index is 13.4. The highest BCUT2D eigenvalue weighted by Crippen LogP contribution is 2.05. The number of aryl methyl sites for hydroxylation is 1. The molecule has 22 heavy (non-hydrogen) atoms. The van der Waals surface area contributed by atoms with Crippen LogP contribution in [0.4, 0.5) is 4.39 Å². The zero-order chi connectivity index (χ0) is 15.9. The van der Waals surface area contributed by atoms with E-state index in [0.717, 1.165) is 5.56 Å². The molecule has 0 atom stereocenters. The first-order chi connectivity index (χ1) is 10.6. The summed E-state index contributed by atoms with van der Waals surface area (Å²) in [5, 5.41) is 5.09. The summed E-state index contributed by atoms with van der Waals surface area (Å²) in [5.74, 6) is -1.06. The van der Waals surface area contributed by atoms with E-state index in [1.54, 1.807) is 30.3 Å². The molecule has 0 aromatic heterocycles. The molecule has 2 amide bonds. The average molecular weight is 300 g/mol. The maximum Gasteiger partial charge on any atom is 0.251 e. The molecule has 0 saturated carbocycles. The summed E-state index contributed by atoms with van der Waals surface area (Å²) in [5.41, 5.74) is 1.95. The van der Waals surface area contributed by atoms with Crippen LogP contribution in [-0.2, 0) is 11.3 Å². The van der Waals surface area contributed by atoms with Crippen LogP contribution in [0.1, 0.15) is 21.5 Å². The molecule has 0 spiro atoms. The Bertz CT molecular complexity index is 669. The van der Waals surface area contributed by atoms with Crippen LogP contribution in [0.3, 0.4) is 0 Å². The second-order valence-electron chi connectivity index (χ2n) is 4.92. The summed E-state index contributed by atoms with van der Waals surface area (Å²) in [4.78, 5) is 23.5. The van der Waals surface area contributed by atoms with E-state index in [1.807, 2.05) is 19.1 Å². The predicted octanol–water partition coefficient (Wildman–Crippen LogP) is 2.18. The third-order valence-corrected chi connectivity index (χ3v) is 3.16. The molecule has 2 rings (SSSR count). The number of carbonyl (C=O) groups excluding carboxylic acids is 2. The van der Waals surface area contributed by atoms with Crippen LogP contribution in [0.5, 0.6) is 0 Å². The summed E-state index contributed by atoms with van der Waals surface area (Å²) >= 11 is 0. The smallest absolute Gasteiger partial charge is 0.251 e. The van der Waals surface area contributed by atoms with Crippen molar-refractivity contribution in [2.45, 2.75) is 13.5 Å². The van der Waals surface area contributed by atoms with E-state index < -0.39 is 0 Å². The zero-order valence-corrected chi connectivity index (χ0v) is 12.2. The first kappa shape index (κ1) is 15.7. The molecule has 0 aliphatic rings. The van der Waals surface area contributed by atoms with Crippen molar-refractivity contribution in [2.75, 3.05) is 6.54 Å². The van der Waals surface area contributed by atoms with E-state index in [2.05, 4.69) is 10.6 Å². The Morgan fingerprint density at radius 2 is 1.68 bits per heavy atom. The van der Waals surface area contributed by atoms with Gasteiger partial charge >= 0.3 is 0 Å². The normalized spacial score (nSPS) is 10.1. The third kappa shape index (κ3) is 4.41. The lowest BCUT2D eigenvalue weighted by Gasteiger charge is -2.08. The summed E-state index contributed by atoms with van der Waals surface area (Å²) in [6.45, 7) is 1.87. The zero-order valence-electron chi connectivity index (χ0n) is 12.2. The molecule has 0 unspecified atom stereocenters. The van der Waals surface area contributed by atoms with Crippen molar-refractivity contribution in [2.24, 2.45) is 0 Å². The molecule has 114 valence electrons. The molecule has 0 bridgehead atoms. The van der Waals surface area contributed by atoms with Crippen LogP contribution >= 0.6 is 0 Å². The van der Waals surface area contributed by atoms with E-state index in [4.69, 9.17) is 0 Å². The second kappa shape index (κ2) is 7.36. The molecule has 2 aromatic carbocycles. The SMILES string of the molecule is Cc1ccc(C(=O)NCC(=O)NCc2ccccc2F)cc1. The van der Waals surface area contributed by atoms with Gasteiger partial charge < -0.3 is 10.6 Å². The molecule has 2 aromatic rings. The molecular weight excluding hydrogens is 283 g/mol. The quantitative estimate of drug-likeness (QED) is 0.889. The van der Waals surface area contributed by atoms with Crippen molar-refractivity contribution in [3.8, 4) is 0 Å². The molecular formula is C17H17FN2O2. The first-order valence-electron chi connectivity index (χ1n) is 6.91. The van der Waals surface area contributed by atoms with Crippen LogP contribution in [0.2, 0.25) is 0 Å². The standard InChI is InChI=1S/C17H17FN2O2/c1-12-6-8-13(9-7-12)17(22)20-11-16(21)19-10-14-4-2-3-5-15(14)18/h2-9H,10-11H2,1H3,(H,19,21)(H,20,22). The minimum Gasteiger partial charge on any atom is -0.350 e. The minimum atomic E-state index is -0.372. The van der Waals surface area contributed by atoms with Gasteiger partial charge in [0.15, 0.2) is 0 Å². The average Bonchev–Trinajstić information content (AvgIpc) is 2.52. The largest absolute Gasteiger partial charge is 0.350 e. The van der Waals surface area contributed by atoms with Crippen molar-refractivity contribution in [3.63, 3.8) is 0 Å². The monoisotopic (exact) mass is 300 g/mol. The molecule has 0 aliphatic carbocycles. The van der Waals surface area contributed by atoms with Crippen LogP contribution in [0.25, 0.3) is 0 Å². The van der Waals surface area contributed by atoms with Crippen molar-refractivity contribution < 1.29 is 14.0 Å². The number of amides is 2. The Labute approximate surface area is 128 Å². The van der Waals surface area contributed by atoms with E-state index in [-0.39, 0.29) is 30.7 Å². The molecule has 0 saturated heterocycles. The molecule has 4 nitrogen and oxygen atoms in total. The Balaban J connectivity index is 1.79.